The van der Waals surface area contributed by atoms with Crippen LogP contribution in [0.3, 0.4) is 0 Å². The fourth-order valence-corrected chi connectivity index (χ4v) is 4.05. The maximum Gasteiger partial charge on any atom is 0.236 e. The molecule has 2 heterocycles. The Kier molecular flexibility index (Phi) is 4.68. The number of carbonyl (C=O) groups excluding carboxylic acids is 1. The number of hydrogen-bond donors (Lipinski definition) is 0. The molecule has 1 aromatic carbocycles. The number of benzene rings is 1. The molecule has 2 aromatic rings. The van der Waals surface area contributed by atoms with Crippen LogP contribution in [-0.2, 0) is 11.2 Å². The lowest BCUT2D eigenvalue weighted by atomic mass is 10.2. The van der Waals surface area contributed by atoms with Gasteiger partial charge in [0, 0.05) is 26.2 Å². The van der Waals surface area contributed by atoms with E-state index in [1.54, 1.807) is 11.3 Å². The van der Waals surface area contributed by atoms with E-state index in [0.717, 1.165) is 43.2 Å². The smallest absolute Gasteiger partial charge is 0.236 e. The molecule has 0 saturated carbocycles. The maximum absolute atomic E-state index is 12.0. The van der Waals surface area contributed by atoms with Crippen LogP contribution in [0.4, 0.5) is 5.13 Å². The van der Waals surface area contributed by atoms with Crippen molar-refractivity contribution in [2.24, 2.45) is 0 Å². The minimum Gasteiger partial charge on any atom is -0.345 e. The lowest BCUT2D eigenvalue weighted by Crippen LogP contribution is -2.50. The van der Waals surface area contributed by atoms with Crippen LogP contribution in [0.15, 0.2) is 18.2 Å². The summed E-state index contributed by atoms with van der Waals surface area (Å²) in [5, 5.41) is 1.07. The van der Waals surface area contributed by atoms with Crippen molar-refractivity contribution in [1.82, 2.24) is 9.88 Å². The van der Waals surface area contributed by atoms with Gasteiger partial charge in [0.15, 0.2) is 5.13 Å². The monoisotopic (exact) mass is 381 g/mol. The molecule has 1 unspecified atom stereocenters. The average molecular weight is 382 g/mol. The molecule has 1 aliphatic rings. The molecule has 0 radical (unpaired) electrons. The van der Waals surface area contributed by atoms with Crippen LogP contribution in [0, 0.1) is 0 Å². The van der Waals surface area contributed by atoms with Gasteiger partial charge in [-0.15, -0.1) is 0 Å². The predicted molar refractivity (Wildman–Crippen MR) is 96.2 cm³/mol. The predicted octanol–water partition coefficient (Wildman–Crippen LogP) is 3.29. The summed E-state index contributed by atoms with van der Waals surface area (Å²) in [7, 11) is 0. The van der Waals surface area contributed by atoms with Gasteiger partial charge in [0.05, 0.1) is 15.0 Å². The number of aryl methyl sites for hydroxylation is 1. The molecule has 118 valence electrons. The van der Waals surface area contributed by atoms with Crippen molar-refractivity contribution in [3.63, 3.8) is 0 Å². The van der Waals surface area contributed by atoms with E-state index in [0.29, 0.717) is 0 Å². The fraction of sp³-hybridized carbons (Fsp3) is 0.500. The molecule has 1 amide bonds. The van der Waals surface area contributed by atoms with Crippen LogP contribution in [0.2, 0.25) is 0 Å². The zero-order chi connectivity index (χ0) is 15.7. The Bertz CT molecular complexity index is 677. The van der Waals surface area contributed by atoms with Crippen molar-refractivity contribution in [3.8, 4) is 0 Å². The van der Waals surface area contributed by atoms with Crippen molar-refractivity contribution in [1.29, 1.82) is 0 Å². The minimum absolute atomic E-state index is 0.103. The van der Waals surface area contributed by atoms with Crippen molar-refractivity contribution in [2.45, 2.75) is 25.1 Å². The Morgan fingerprint density at radius 1 is 1.36 bits per heavy atom. The number of thiazole rings is 1. The molecule has 1 saturated heterocycles. The molecule has 1 aromatic heterocycles. The van der Waals surface area contributed by atoms with Gasteiger partial charge in [-0.3, -0.25) is 4.79 Å². The number of carbonyl (C=O) groups is 1. The van der Waals surface area contributed by atoms with Gasteiger partial charge in [0.1, 0.15) is 0 Å². The molecule has 0 aliphatic carbocycles. The number of rotatable bonds is 3. The zero-order valence-electron chi connectivity index (χ0n) is 12.9. The van der Waals surface area contributed by atoms with Crippen LogP contribution in [0.25, 0.3) is 10.2 Å². The lowest BCUT2D eigenvalue weighted by molar-refractivity contribution is -0.130. The van der Waals surface area contributed by atoms with Gasteiger partial charge in [0.25, 0.3) is 0 Å². The number of aromatic nitrogens is 1. The number of amides is 1. The summed E-state index contributed by atoms with van der Waals surface area (Å²) >= 11 is 5.11. The van der Waals surface area contributed by atoms with Gasteiger partial charge in [-0.25, -0.2) is 4.98 Å². The van der Waals surface area contributed by atoms with E-state index in [1.165, 1.54) is 10.3 Å². The Morgan fingerprint density at radius 2 is 2.09 bits per heavy atom. The number of fused-ring (bicyclic) bond motifs is 1. The highest BCUT2D eigenvalue weighted by atomic mass is 79.9. The first-order valence-corrected chi connectivity index (χ1v) is 9.39. The molecule has 1 fully saturated rings. The molecule has 0 N–H and O–H groups in total. The molecule has 22 heavy (non-hydrogen) atoms. The third-order valence-corrected chi connectivity index (χ3v) is 5.52. The maximum atomic E-state index is 12.0. The van der Waals surface area contributed by atoms with Gasteiger partial charge in [0.2, 0.25) is 5.91 Å². The Labute approximate surface area is 143 Å². The molecule has 1 aliphatic heterocycles. The fourth-order valence-electron chi connectivity index (χ4n) is 2.68. The molecule has 6 heteroatoms. The van der Waals surface area contributed by atoms with E-state index in [9.17, 15) is 4.79 Å². The first-order valence-electron chi connectivity index (χ1n) is 7.65. The quantitative estimate of drug-likeness (QED) is 0.765. The Hall–Kier alpha value is -1.14. The zero-order valence-corrected chi connectivity index (χ0v) is 15.3. The molecule has 0 spiro atoms. The van der Waals surface area contributed by atoms with Crippen LogP contribution in [0.5, 0.6) is 0 Å². The van der Waals surface area contributed by atoms with Crippen molar-refractivity contribution in [3.05, 3.63) is 23.8 Å². The standard InChI is InChI=1S/C16H20BrN3OS/c1-3-12-4-5-13-14(10-12)22-16(18-13)20-8-6-19(7-9-20)15(21)11(2)17/h4-5,10-11H,3,6-9H2,1-2H3. The number of hydrogen-bond acceptors (Lipinski definition) is 4. The summed E-state index contributed by atoms with van der Waals surface area (Å²) in [5.41, 5.74) is 2.43. The summed E-state index contributed by atoms with van der Waals surface area (Å²) in [6, 6.07) is 6.50. The topological polar surface area (TPSA) is 36.4 Å². The molecular formula is C16H20BrN3OS. The highest BCUT2D eigenvalue weighted by molar-refractivity contribution is 9.10. The highest BCUT2D eigenvalue weighted by Gasteiger charge is 2.24. The van der Waals surface area contributed by atoms with Gasteiger partial charge in [-0.1, -0.05) is 40.3 Å². The van der Waals surface area contributed by atoms with E-state index < -0.39 is 0 Å². The third kappa shape index (κ3) is 3.13. The third-order valence-electron chi connectivity index (χ3n) is 4.05. The number of piperazine rings is 1. The van der Waals surface area contributed by atoms with Gasteiger partial charge < -0.3 is 9.80 Å². The summed E-state index contributed by atoms with van der Waals surface area (Å²) in [6.07, 6.45) is 1.05. The van der Waals surface area contributed by atoms with Gasteiger partial charge in [-0.2, -0.15) is 0 Å². The van der Waals surface area contributed by atoms with Crippen LogP contribution >= 0.6 is 27.3 Å². The minimum atomic E-state index is -0.103. The van der Waals surface area contributed by atoms with Crippen LogP contribution in [-0.4, -0.2) is 46.8 Å². The van der Waals surface area contributed by atoms with Crippen molar-refractivity contribution in [2.75, 3.05) is 31.1 Å². The first kappa shape index (κ1) is 15.7. The molecular weight excluding hydrogens is 362 g/mol. The second kappa shape index (κ2) is 6.54. The number of halogens is 1. The second-order valence-corrected chi connectivity index (χ2v) is 7.96. The normalized spacial score (nSPS) is 17.0. The second-order valence-electron chi connectivity index (χ2n) is 5.58. The van der Waals surface area contributed by atoms with E-state index in [4.69, 9.17) is 4.98 Å². The summed E-state index contributed by atoms with van der Waals surface area (Å²) < 4.78 is 1.25. The van der Waals surface area contributed by atoms with Crippen molar-refractivity contribution < 1.29 is 4.79 Å². The number of anilines is 1. The van der Waals surface area contributed by atoms with Crippen LogP contribution < -0.4 is 4.90 Å². The SMILES string of the molecule is CCc1ccc2nc(N3CCN(C(=O)C(C)Br)CC3)sc2c1. The van der Waals surface area contributed by atoms with Gasteiger partial charge in [-0.05, 0) is 31.0 Å². The first-order chi connectivity index (χ1) is 10.6. The average Bonchev–Trinajstić information content (AvgIpc) is 2.97. The Morgan fingerprint density at radius 3 is 2.73 bits per heavy atom. The molecule has 1 atom stereocenters. The number of alkyl halides is 1. The summed E-state index contributed by atoms with van der Waals surface area (Å²) in [5.74, 6) is 0.177. The van der Waals surface area contributed by atoms with E-state index >= 15 is 0 Å². The van der Waals surface area contributed by atoms with E-state index in [1.807, 2.05) is 11.8 Å². The largest absolute Gasteiger partial charge is 0.345 e. The highest BCUT2D eigenvalue weighted by Crippen LogP contribution is 2.30. The van der Waals surface area contributed by atoms with Crippen molar-refractivity contribution >= 4 is 48.5 Å². The Balaban J connectivity index is 1.72. The van der Waals surface area contributed by atoms with E-state index in [2.05, 4.69) is 46.0 Å². The lowest BCUT2D eigenvalue weighted by Gasteiger charge is -2.35. The molecule has 0 bridgehead atoms. The number of nitrogens with zero attached hydrogens (tertiary/aromatic N) is 3. The molecule has 3 rings (SSSR count). The summed E-state index contributed by atoms with van der Waals surface area (Å²) in [4.78, 5) is 20.9. The van der Waals surface area contributed by atoms with E-state index in [-0.39, 0.29) is 10.7 Å². The molecule has 4 nitrogen and oxygen atoms in total. The van der Waals surface area contributed by atoms with Gasteiger partial charge >= 0.3 is 0 Å². The van der Waals surface area contributed by atoms with Crippen LogP contribution in [0.1, 0.15) is 19.4 Å². The summed E-state index contributed by atoms with van der Waals surface area (Å²) in [6.45, 7) is 7.30.